The highest BCUT2D eigenvalue weighted by Gasteiger charge is 2.35. The number of fused-ring (bicyclic) bond motifs is 1. The molecule has 0 radical (unpaired) electrons. The zero-order valence-corrected chi connectivity index (χ0v) is 12.1. The molecule has 1 N–H and O–H groups in total. The van der Waals surface area contributed by atoms with Crippen LogP contribution < -0.4 is 9.64 Å². The van der Waals surface area contributed by atoms with Crippen LogP contribution in [0.3, 0.4) is 0 Å². The van der Waals surface area contributed by atoms with Gasteiger partial charge in [0.15, 0.2) is 17.7 Å². The van der Waals surface area contributed by atoms with Crippen molar-refractivity contribution in [2.24, 2.45) is 0 Å². The molecule has 1 amide bonds. The van der Waals surface area contributed by atoms with Crippen molar-refractivity contribution >= 4 is 17.6 Å². The smallest absolute Gasteiger partial charge is 0.323 e. The summed E-state index contributed by atoms with van der Waals surface area (Å²) in [6.07, 6.45) is -0.712. The van der Waals surface area contributed by atoms with Crippen molar-refractivity contribution in [3.63, 3.8) is 0 Å². The SMILES string of the molecule is O=C(O)CN(C(=O)C1Cc2cccc(F)c2O1)c1ccccc1. The number of hydrogen-bond acceptors (Lipinski definition) is 3. The number of carboxylic acid groups (broad SMARTS) is 1. The number of anilines is 1. The average Bonchev–Trinajstić information content (AvgIpc) is 2.98. The van der Waals surface area contributed by atoms with Gasteiger partial charge < -0.3 is 9.84 Å². The molecule has 1 aliphatic heterocycles. The number of halogens is 1. The number of amides is 1. The fraction of sp³-hybridized carbons (Fsp3) is 0.176. The number of hydrogen-bond donors (Lipinski definition) is 1. The third-order valence-corrected chi connectivity index (χ3v) is 3.62. The van der Waals surface area contributed by atoms with E-state index in [4.69, 9.17) is 9.84 Å². The third kappa shape index (κ3) is 3.01. The number of benzene rings is 2. The standard InChI is InChI=1S/C17H14FNO4/c18-13-8-4-5-11-9-14(23-16(11)13)17(22)19(10-15(20)21)12-6-2-1-3-7-12/h1-8,14H,9-10H2,(H,20,21). The predicted octanol–water partition coefficient (Wildman–Crippen LogP) is 2.25. The monoisotopic (exact) mass is 315 g/mol. The summed E-state index contributed by atoms with van der Waals surface area (Å²) in [4.78, 5) is 24.9. The summed E-state index contributed by atoms with van der Waals surface area (Å²) in [6.45, 7) is -0.485. The normalized spacial score (nSPS) is 15.6. The van der Waals surface area contributed by atoms with Crippen LogP contribution in [0.1, 0.15) is 5.56 Å². The van der Waals surface area contributed by atoms with Crippen LogP contribution >= 0.6 is 0 Å². The summed E-state index contributed by atoms with van der Waals surface area (Å²) >= 11 is 0. The van der Waals surface area contributed by atoms with Crippen LogP contribution in [-0.4, -0.2) is 29.6 Å². The van der Waals surface area contributed by atoms with Gasteiger partial charge >= 0.3 is 5.97 Å². The first kappa shape index (κ1) is 15.0. The number of carbonyl (C=O) groups is 2. The summed E-state index contributed by atoms with van der Waals surface area (Å²) in [5.74, 6) is -2.10. The quantitative estimate of drug-likeness (QED) is 0.940. The Hall–Kier alpha value is -2.89. The van der Waals surface area contributed by atoms with E-state index in [1.807, 2.05) is 0 Å². The van der Waals surface area contributed by atoms with Gasteiger partial charge in [-0.15, -0.1) is 0 Å². The molecule has 118 valence electrons. The zero-order valence-electron chi connectivity index (χ0n) is 12.1. The van der Waals surface area contributed by atoms with Gasteiger partial charge in [-0.3, -0.25) is 14.5 Å². The van der Waals surface area contributed by atoms with E-state index in [1.54, 1.807) is 42.5 Å². The van der Waals surface area contributed by atoms with Gasteiger partial charge in [-0.1, -0.05) is 30.3 Å². The molecule has 1 aliphatic rings. The molecule has 0 spiro atoms. The van der Waals surface area contributed by atoms with Crippen molar-refractivity contribution in [2.45, 2.75) is 12.5 Å². The van der Waals surface area contributed by atoms with Gasteiger partial charge in [0.2, 0.25) is 0 Å². The summed E-state index contributed by atoms with van der Waals surface area (Å²) in [5, 5.41) is 9.06. The first-order valence-electron chi connectivity index (χ1n) is 7.08. The van der Waals surface area contributed by atoms with Gasteiger partial charge in [0.1, 0.15) is 6.54 Å². The first-order chi connectivity index (χ1) is 11.1. The Bertz CT molecular complexity index is 748. The van der Waals surface area contributed by atoms with E-state index in [0.717, 1.165) is 4.90 Å². The summed E-state index contributed by atoms with van der Waals surface area (Å²) < 4.78 is 19.1. The van der Waals surface area contributed by atoms with Crippen molar-refractivity contribution in [1.82, 2.24) is 0 Å². The Labute approximate surface area is 131 Å². The van der Waals surface area contributed by atoms with Crippen molar-refractivity contribution < 1.29 is 23.8 Å². The minimum absolute atomic E-state index is 0.0641. The Balaban J connectivity index is 1.85. The van der Waals surface area contributed by atoms with Gasteiger partial charge in [-0.2, -0.15) is 0 Å². The molecule has 1 unspecified atom stereocenters. The predicted molar refractivity (Wildman–Crippen MR) is 81.0 cm³/mol. The first-order valence-corrected chi connectivity index (χ1v) is 7.08. The fourth-order valence-electron chi connectivity index (χ4n) is 2.58. The third-order valence-electron chi connectivity index (χ3n) is 3.62. The van der Waals surface area contributed by atoms with E-state index in [-0.39, 0.29) is 12.2 Å². The van der Waals surface area contributed by atoms with Gasteiger partial charge in [-0.25, -0.2) is 4.39 Å². The highest BCUT2D eigenvalue weighted by molar-refractivity contribution is 6.00. The summed E-state index contributed by atoms with van der Waals surface area (Å²) in [5.41, 5.74) is 1.06. The van der Waals surface area contributed by atoms with E-state index in [9.17, 15) is 14.0 Å². The maximum atomic E-state index is 13.7. The largest absolute Gasteiger partial charge is 0.480 e. The molecule has 3 rings (SSSR count). The lowest BCUT2D eigenvalue weighted by molar-refractivity contribution is -0.137. The number of nitrogens with zero attached hydrogens (tertiary/aromatic N) is 1. The molecule has 23 heavy (non-hydrogen) atoms. The van der Waals surface area contributed by atoms with Crippen LogP contribution in [0.4, 0.5) is 10.1 Å². The lowest BCUT2D eigenvalue weighted by Crippen LogP contribution is -2.44. The summed E-state index contributed by atoms with van der Waals surface area (Å²) in [7, 11) is 0. The van der Waals surface area contributed by atoms with Crippen LogP contribution in [0.5, 0.6) is 5.75 Å². The average molecular weight is 315 g/mol. The molecule has 1 atom stereocenters. The number of aliphatic carboxylic acids is 1. The maximum absolute atomic E-state index is 13.7. The molecule has 5 nitrogen and oxygen atoms in total. The highest BCUT2D eigenvalue weighted by atomic mass is 19.1. The Morgan fingerprint density at radius 1 is 1.17 bits per heavy atom. The Morgan fingerprint density at radius 2 is 1.91 bits per heavy atom. The summed E-state index contributed by atoms with van der Waals surface area (Å²) in [6, 6.07) is 13.0. The number of carbonyl (C=O) groups excluding carboxylic acids is 1. The number of carboxylic acids is 1. The molecule has 0 saturated carbocycles. The number of ether oxygens (including phenoxy) is 1. The van der Waals surface area contributed by atoms with Gasteiger partial charge in [0.05, 0.1) is 0 Å². The van der Waals surface area contributed by atoms with Crippen molar-refractivity contribution in [1.29, 1.82) is 0 Å². The van der Waals surface area contributed by atoms with Gasteiger partial charge in [0, 0.05) is 17.7 Å². The van der Waals surface area contributed by atoms with E-state index in [1.165, 1.54) is 6.07 Å². The molecule has 0 aliphatic carbocycles. The molecular formula is C17H14FNO4. The van der Waals surface area contributed by atoms with Crippen LogP contribution in [0, 0.1) is 5.82 Å². The zero-order chi connectivity index (χ0) is 16.4. The molecule has 0 aromatic heterocycles. The van der Waals surface area contributed by atoms with Crippen molar-refractivity contribution in [3.8, 4) is 5.75 Å². The van der Waals surface area contributed by atoms with E-state index < -0.39 is 30.3 Å². The van der Waals surface area contributed by atoms with Crippen LogP contribution in [0.15, 0.2) is 48.5 Å². The number of para-hydroxylation sites is 2. The molecule has 0 fully saturated rings. The molecule has 0 saturated heterocycles. The maximum Gasteiger partial charge on any atom is 0.323 e. The van der Waals surface area contributed by atoms with Gasteiger partial charge in [-0.05, 0) is 18.2 Å². The minimum Gasteiger partial charge on any atom is -0.480 e. The van der Waals surface area contributed by atoms with Crippen LogP contribution in [-0.2, 0) is 16.0 Å². The molecular weight excluding hydrogens is 301 g/mol. The topological polar surface area (TPSA) is 66.8 Å². The molecule has 1 heterocycles. The van der Waals surface area contributed by atoms with Crippen LogP contribution in [0.25, 0.3) is 0 Å². The van der Waals surface area contributed by atoms with Crippen molar-refractivity contribution in [2.75, 3.05) is 11.4 Å². The van der Waals surface area contributed by atoms with Crippen molar-refractivity contribution in [3.05, 3.63) is 59.9 Å². The highest BCUT2D eigenvalue weighted by Crippen LogP contribution is 2.32. The second-order valence-electron chi connectivity index (χ2n) is 5.19. The minimum atomic E-state index is -1.14. The molecule has 0 bridgehead atoms. The van der Waals surface area contributed by atoms with E-state index >= 15 is 0 Å². The number of rotatable bonds is 4. The van der Waals surface area contributed by atoms with Gasteiger partial charge in [0.25, 0.3) is 5.91 Å². The fourth-order valence-corrected chi connectivity index (χ4v) is 2.58. The second-order valence-corrected chi connectivity index (χ2v) is 5.19. The molecule has 2 aromatic carbocycles. The lowest BCUT2D eigenvalue weighted by atomic mass is 10.1. The van der Waals surface area contributed by atoms with E-state index in [2.05, 4.69) is 0 Å². The Morgan fingerprint density at radius 3 is 2.57 bits per heavy atom. The molecule has 2 aromatic rings. The molecule has 6 heteroatoms. The Kier molecular flexibility index (Phi) is 3.97. The lowest BCUT2D eigenvalue weighted by Gasteiger charge is -2.23. The van der Waals surface area contributed by atoms with E-state index in [0.29, 0.717) is 11.3 Å². The van der Waals surface area contributed by atoms with Crippen LogP contribution in [0.2, 0.25) is 0 Å². The second kappa shape index (κ2) is 6.08.